The van der Waals surface area contributed by atoms with Crippen LogP contribution in [0.4, 0.5) is 5.69 Å². The Balaban J connectivity index is 1.79. The monoisotopic (exact) mass is 417 g/mol. The highest BCUT2D eigenvalue weighted by Crippen LogP contribution is 2.22. The lowest BCUT2D eigenvalue weighted by atomic mass is 10.2. The number of sulfonamides is 1. The Hall–Kier alpha value is -3.10. The highest BCUT2D eigenvalue weighted by atomic mass is 35.5. The van der Waals surface area contributed by atoms with Gasteiger partial charge in [0, 0.05) is 28.7 Å². The standard InChI is InChI=1S/C19H16ClN3O4S/c20-16-6-4-14(5-7-16)8-11-28(26,27)22-17-3-1-2-15(12-17)19-21-9-10-23(19)13-18(24)25/h1-12,22H,13H2,(H,24,25). The van der Waals surface area contributed by atoms with Crippen molar-refractivity contribution in [2.45, 2.75) is 6.54 Å². The minimum absolute atomic E-state index is 0.241. The van der Waals surface area contributed by atoms with E-state index in [0.717, 1.165) is 5.41 Å². The van der Waals surface area contributed by atoms with Gasteiger partial charge in [-0.3, -0.25) is 9.52 Å². The zero-order chi connectivity index (χ0) is 20.1. The molecule has 2 aromatic carbocycles. The van der Waals surface area contributed by atoms with E-state index in [2.05, 4.69) is 9.71 Å². The molecule has 144 valence electrons. The van der Waals surface area contributed by atoms with Gasteiger partial charge in [0.1, 0.15) is 12.4 Å². The molecule has 0 fully saturated rings. The Morgan fingerprint density at radius 1 is 1.21 bits per heavy atom. The number of hydrogen-bond acceptors (Lipinski definition) is 4. The van der Waals surface area contributed by atoms with Gasteiger partial charge in [0.25, 0.3) is 10.0 Å². The van der Waals surface area contributed by atoms with Gasteiger partial charge in [0.15, 0.2) is 0 Å². The molecule has 0 aliphatic heterocycles. The largest absolute Gasteiger partial charge is 0.480 e. The van der Waals surface area contributed by atoms with Crippen LogP contribution in [0.3, 0.4) is 0 Å². The molecule has 3 aromatic rings. The van der Waals surface area contributed by atoms with Gasteiger partial charge in [-0.25, -0.2) is 13.4 Å². The van der Waals surface area contributed by atoms with Crippen molar-refractivity contribution in [3.05, 3.63) is 76.9 Å². The van der Waals surface area contributed by atoms with E-state index in [1.54, 1.807) is 54.7 Å². The fourth-order valence-corrected chi connectivity index (χ4v) is 3.49. The van der Waals surface area contributed by atoms with Crippen molar-refractivity contribution < 1.29 is 18.3 Å². The highest BCUT2D eigenvalue weighted by molar-refractivity contribution is 7.95. The number of halogens is 1. The zero-order valence-corrected chi connectivity index (χ0v) is 16.1. The summed E-state index contributed by atoms with van der Waals surface area (Å²) >= 11 is 5.81. The second kappa shape index (κ2) is 8.28. The predicted molar refractivity (Wildman–Crippen MR) is 108 cm³/mol. The Kier molecular flexibility index (Phi) is 5.81. The van der Waals surface area contributed by atoms with Gasteiger partial charge >= 0.3 is 5.97 Å². The molecule has 7 nitrogen and oxygen atoms in total. The van der Waals surface area contributed by atoms with Gasteiger partial charge < -0.3 is 9.67 Å². The van der Waals surface area contributed by atoms with E-state index in [0.29, 0.717) is 27.7 Å². The number of hydrogen-bond donors (Lipinski definition) is 2. The van der Waals surface area contributed by atoms with Crippen LogP contribution >= 0.6 is 11.6 Å². The molecule has 0 aliphatic carbocycles. The quantitative estimate of drug-likeness (QED) is 0.610. The first-order valence-electron chi connectivity index (χ1n) is 8.12. The SMILES string of the molecule is O=C(O)Cn1ccnc1-c1cccc(NS(=O)(=O)C=Cc2ccc(Cl)cc2)c1. The fraction of sp³-hybridized carbons (Fsp3) is 0.0526. The molecule has 0 amide bonds. The first-order valence-corrected chi connectivity index (χ1v) is 10.0. The summed E-state index contributed by atoms with van der Waals surface area (Å²) < 4.78 is 28.6. The molecule has 1 heterocycles. The van der Waals surface area contributed by atoms with Crippen LogP contribution in [0, 0.1) is 0 Å². The third-order valence-electron chi connectivity index (χ3n) is 3.71. The molecule has 28 heavy (non-hydrogen) atoms. The number of rotatable bonds is 7. The molecular formula is C19H16ClN3O4S. The summed E-state index contributed by atoms with van der Waals surface area (Å²) in [6.45, 7) is -0.241. The van der Waals surface area contributed by atoms with Gasteiger partial charge in [-0.15, -0.1) is 0 Å². The van der Waals surface area contributed by atoms with Gasteiger partial charge in [-0.2, -0.15) is 0 Å². The van der Waals surface area contributed by atoms with Crippen molar-refractivity contribution >= 4 is 39.4 Å². The zero-order valence-electron chi connectivity index (χ0n) is 14.5. The van der Waals surface area contributed by atoms with E-state index in [4.69, 9.17) is 16.7 Å². The number of aliphatic carboxylic acids is 1. The molecule has 0 atom stereocenters. The van der Waals surface area contributed by atoms with E-state index in [1.165, 1.54) is 16.8 Å². The molecule has 2 N–H and O–H groups in total. The van der Waals surface area contributed by atoms with Gasteiger partial charge in [-0.1, -0.05) is 35.9 Å². The normalized spacial score (nSPS) is 11.6. The molecule has 0 saturated heterocycles. The number of carboxylic acids is 1. The van der Waals surface area contributed by atoms with Crippen molar-refractivity contribution in [2.24, 2.45) is 0 Å². The van der Waals surface area contributed by atoms with Crippen LogP contribution in [0.15, 0.2) is 66.3 Å². The molecule has 9 heteroatoms. The summed E-state index contributed by atoms with van der Waals surface area (Å²) in [7, 11) is -3.74. The van der Waals surface area contributed by atoms with E-state index in [-0.39, 0.29) is 6.54 Å². The molecule has 0 saturated carbocycles. The smallest absolute Gasteiger partial charge is 0.323 e. The van der Waals surface area contributed by atoms with E-state index in [9.17, 15) is 13.2 Å². The Morgan fingerprint density at radius 3 is 2.68 bits per heavy atom. The summed E-state index contributed by atoms with van der Waals surface area (Å²) in [4.78, 5) is 15.1. The van der Waals surface area contributed by atoms with Gasteiger partial charge in [-0.05, 0) is 35.9 Å². The highest BCUT2D eigenvalue weighted by Gasteiger charge is 2.11. The van der Waals surface area contributed by atoms with Crippen LogP contribution < -0.4 is 4.72 Å². The second-order valence-corrected chi connectivity index (χ2v) is 7.86. The number of carbonyl (C=O) groups is 1. The Bertz CT molecular complexity index is 1120. The fourth-order valence-electron chi connectivity index (χ4n) is 2.50. The minimum Gasteiger partial charge on any atom is -0.480 e. The summed E-state index contributed by atoms with van der Waals surface area (Å²) in [6.07, 6.45) is 4.50. The summed E-state index contributed by atoms with van der Waals surface area (Å²) in [5, 5.41) is 10.6. The number of benzene rings is 2. The van der Waals surface area contributed by atoms with Crippen molar-refractivity contribution in [1.29, 1.82) is 0 Å². The van der Waals surface area contributed by atoms with E-state index in [1.807, 2.05) is 0 Å². The van der Waals surface area contributed by atoms with Crippen LogP contribution in [0.25, 0.3) is 17.5 Å². The summed E-state index contributed by atoms with van der Waals surface area (Å²) in [5.41, 5.74) is 1.62. The maximum absolute atomic E-state index is 12.3. The van der Waals surface area contributed by atoms with Crippen molar-refractivity contribution in [1.82, 2.24) is 9.55 Å². The lowest BCUT2D eigenvalue weighted by Gasteiger charge is -2.08. The molecule has 1 aromatic heterocycles. The number of aromatic nitrogens is 2. The predicted octanol–water partition coefficient (Wildman–Crippen LogP) is 3.70. The molecule has 3 rings (SSSR count). The second-order valence-electron chi connectivity index (χ2n) is 5.85. The number of imidazole rings is 1. The average molecular weight is 418 g/mol. The van der Waals surface area contributed by atoms with E-state index >= 15 is 0 Å². The molecule has 0 unspecified atom stereocenters. The number of anilines is 1. The minimum atomic E-state index is -3.74. The Labute approximate surface area is 167 Å². The first-order chi connectivity index (χ1) is 13.3. The van der Waals surface area contributed by atoms with Crippen molar-refractivity contribution in [2.75, 3.05) is 4.72 Å². The van der Waals surface area contributed by atoms with Crippen molar-refractivity contribution in [3.63, 3.8) is 0 Å². The average Bonchev–Trinajstić information content (AvgIpc) is 3.08. The molecule has 0 bridgehead atoms. The Morgan fingerprint density at radius 2 is 1.96 bits per heavy atom. The van der Waals surface area contributed by atoms with Crippen LogP contribution in [0.5, 0.6) is 0 Å². The lowest BCUT2D eigenvalue weighted by Crippen LogP contribution is -2.10. The van der Waals surface area contributed by atoms with Crippen molar-refractivity contribution in [3.8, 4) is 11.4 Å². The third-order valence-corrected chi connectivity index (χ3v) is 4.98. The maximum Gasteiger partial charge on any atom is 0.323 e. The summed E-state index contributed by atoms with van der Waals surface area (Å²) in [6, 6.07) is 13.3. The third kappa shape index (κ3) is 5.21. The number of carboxylic acid groups (broad SMARTS) is 1. The summed E-state index contributed by atoms with van der Waals surface area (Å²) in [5.74, 6) is -0.566. The molecule has 0 aliphatic rings. The number of nitrogens with zero attached hydrogens (tertiary/aromatic N) is 2. The maximum atomic E-state index is 12.3. The van der Waals surface area contributed by atoms with Crippen LogP contribution in [-0.4, -0.2) is 29.0 Å². The number of nitrogens with one attached hydrogen (secondary N) is 1. The first kappa shape index (κ1) is 19.7. The van der Waals surface area contributed by atoms with Crippen LogP contribution in [0.1, 0.15) is 5.56 Å². The molecule has 0 spiro atoms. The van der Waals surface area contributed by atoms with Gasteiger partial charge in [0.05, 0.1) is 5.41 Å². The van der Waals surface area contributed by atoms with Crippen LogP contribution in [0.2, 0.25) is 5.02 Å². The van der Waals surface area contributed by atoms with Gasteiger partial charge in [0.2, 0.25) is 0 Å². The van der Waals surface area contributed by atoms with E-state index < -0.39 is 16.0 Å². The lowest BCUT2D eigenvalue weighted by molar-refractivity contribution is -0.137. The molecule has 0 radical (unpaired) electrons. The topological polar surface area (TPSA) is 101 Å². The van der Waals surface area contributed by atoms with Crippen LogP contribution in [-0.2, 0) is 21.4 Å². The molecular weight excluding hydrogens is 402 g/mol.